The normalized spacial score (nSPS) is 24.3. The number of thioether (sulfide) groups is 1. The van der Waals surface area contributed by atoms with Crippen LogP contribution in [0.1, 0.15) is 20.3 Å². The van der Waals surface area contributed by atoms with Crippen LogP contribution in [0.15, 0.2) is 0 Å². The Bertz CT molecular complexity index is 162. The third kappa shape index (κ3) is 2.38. The van der Waals surface area contributed by atoms with Crippen LogP contribution in [0.25, 0.3) is 0 Å². The number of β-lactam (4-membered cyclic amide) rings is 1. The molecule has 1 atom stereocenters. The van der Waals surface area contributed by atoms with Crippen molar-refractivity contribution in [3.63, 3.8) is 0 Å². The predicted octanol–water partition coefficient (Wildman–Crippen LogP) is 0.337. The van der Waals surface area contributed by atoms with Crippen LogP contribution in [0.2, 0.25) is 0 Å². The molecule has 11 heavy (non-hydrogen) atoms. The molecule has 64 valence electrons. The molecule has 1 aliphatic heterocycles. The van der Waals surface area contributed by atoms with E-state index in [2.05, 4.69) is 5.32 Å². The first-order valence-electron chi connectivity index (χ1n) is 3.61. The zero-order chi connectivity index (χ0) is 8.48. The van der Waals surface area contributed by atoms with Gasteiger partial charge in [-0.3, -0.25) is 4.79 Å². The molecule has 1 saturated heterocycles. The van der Waals surface area contributed by atoms with Gasteiger partial charge in [0.1, 0.15) is 0 Å². The van der Waals surface area contributed by atoms with Gasteiger partial charge >= 0.3 is 0 Å². The van der Waals surface area contributed by atoms with Crippen LogP contribution >= 0.6 is 11.8 Å². The van der Waals surface area contributed by atoms with E-state index in [0.29, 0.717) is 6.42 Å². The molecule has 0 spiro atoms. The Kier molecular flexibility index (Phi) is 2.44. The summed E-state index contributed by atoms with van der Waals surface area (Å²) in [6, 6.07) is 0. The number of hydrogen-bond acceptors (Lipinski definition) is 3. The molecule has 3 nitrogen and oxygen atoms in total. The Morgan fingerprint density at radius 3 is 2.73 bits per heavy atom. The van der Waals surface area contributed by atoms with Crippen LogP contribution in [0.4, 0.5) is 0 Å². The maximum absolute atomic E-state index is 10.5. The van der Waals surface area contributed by atoms with Crippen LogP contribution in [0.5, 0.6) is 0 Å². The number of rotatable bonds is 3. The first-order chi connectivity index (χ1) is 5.03. The number of nitrogens with one attached hydrogen (secondary N) is 1. The van der Waals surface area contributed by atoms with Crippen molar-refractivity contribution in [3.8, 4) is 0 Å². The number of amides is 1. The Morgan fingerprint density at radius 1 is 1.82 bits per heavy atom. The molecular formula is C7H13NO2S. The fraction of sp³-hybridized carbons (Fsp3) is 0.857. The molecule has 0 aromatic heterocycles. The van der Waals surface area contributed by atoms with E-state index in [9.17, 15) is 4.79 Å². The SMILES string of the molecule is CC(C)(CO)S[C@@H]1CC(=O)N1. The molecule has 2 N–H and O–H groups in total. The van der Waals surface area contributed by atoms with Crippen molar-refractivity contribution < 1.29 is 9.90 Å². The van der Waals surface area contributed by atoms with Crippen LogP contribution in [-0.4, -0.2) is 27.7 Å². The smallest absolute Gasteiger partial charge is 0.223 e. The Morgan fingerprint density at radius 2 is 2.36 bits per heavy atom. The van der Waals surface area contributed by atoms with Gasteiger partial charge in [0.25, 0.3) is 0 Å². The summed E-state index contributed by atoms with van der Waals surface area (Å²) in [7, 11) is 0. The first kappa shape index (κ1) is 8.87. The molecule has 0 unspecified atom stereocenters. The fourth-order valence-electron chi connectivity index (χ4n) is 0.820. The summed E-state index contributed by atoms with van der Waals surface area (Å²) in [6.45, 7) is 4.06. The standard InChI is InChI=1S/C7H13NO2S/c1-7(2,4-9)11-6-3-5(10)8-6/h6,9H,3-4H2,1-2H3,(H,8,10)/t6-/m1/s1. The predicted molar refractivity (Wildman–Crippen MR) is 45.3 cm³/mol. The minimum absolute atomic E-state index is 0.108. The topological polar surface area (TPSA) is 49.3 Å². The van der Waals surface area contributed by atoms with Crippen LogP contribution in [0.3, 0.4) is 0 Å². The van der Waals surface area contributed by atoms with Crippen molar-refractivity contribution in [2.75, 3.05) is 6.61 Å². The van der Waals surface area contributed by atoms with Crippen molar-refractivity contribution in [1.82, 2.24) is 5.32 Å². The lowest BCUT2D eigenvalue weighted by Gasteiger charge is -2.33. The quantitative estimate of drug-likeness (QED) is 0.608. The zero-order valence-corrected chi connectivity index (χ0v) is 7.57. The number of aliphatic hydroxyl groups is 1. The number of carbonyl (C=O) groups is 1. The Balaban J connectivity index is 2.26. The summed E-state index contributed by atoms with van der Waals surface area (Å²) in [5.74, 6) is 0.108. The third-order valence-electron chi connectivity index (χ3n) is 1.53. The fourth-order valence-corrected chi connectivity index (χ4v) is 2.09. The first-order valence-corrected chi connectivity index (χ1v) is 4.49. The monoisotopic (exact) mass is 175 g/mol. The molecule has 1 amide bonds. The van der Waals surface area contributed by atoms with E-state index in [1.54, 1.807) is 11.8 Å². The zero-order valence-electron chi connectivity index (χ0n) is 6.76. The molecule has 0 saturated carbocycles. The second kappa shape index (κ2) is 3.03. The van der Waals surface area contributed by atoms with Gasteiger partial charge < -0.3 is 10.4 Å². The average Bonchev–Trinajstić information content (AvgIpc) is 1.84. The summed E-state index contributed by atoms with van der Waals surface area (Å²) in [5.41, 5.74) is 0. The molecule has 0 aromatic rings. The Labute approximate surface area is 70.6 Å². The van der Waals surface area contributed by atoms with Gasteiger partial charge in [0.15, 0.2) is 0 Å². The summed E-state index contributed by atoms with van der Waals surface area (Å²) in [6.07, 6.45) is 0.591. The van der Waals surface area contributed by atoms with E-state index in [1.807, 2.05) is 13.8 Å². The summed E-state index contributed by atoms with van der Waals surface area (Å²) in [5, 5.41) is 11.9. The molecule has 4 heteroatoms. The molecule has 1 heterocycles. The van der Waals surface area contributed by atoms with Crippen LogP contribution < -0.4 is 5.32 Å². The van der Waals surface area contributed by atoms with Gasteiger partial charge in [-0.2, -0.15) is 0 Å². The van der Waals surface area contributed by atoms with Gasteiger partial charge in [0, 0.05) is 4.75 Å². The highest BCUT2D eigenvalue weighted by Crippen LogP contribution is 2.31. The van der Waals surface area contributed by atoms with Gasteiger partial charge in [-0.25, -0.2) is 0 Å². The molecule has 1 fully saturated rings. The van der Waals surface area contributed by atoms with E-state index in [1.165, 1.54) is 0 Å². The molecule has 0 radical (unpaired) electrons. The lowest BCUT2D eigenvalue weighted by atomic mass is 10.2. The molecule has 0 aromatic carbocycles. The van der Waals surface area contributed by atoms with Gasteiger partial charge in [-0.05, 0) is 13.8 Å². The van der Waals surface area contributed by atoms with E-state index in [-0.39, 0.29) is 22.6 Å². The van der Waals surface area contributed by atoms with Gasteiger partial charge in [0.05, 0.1) is 18.4 Å². The van der Waals surface area contributed by atoms with E-state index in [0.717, 1.165) is 0 Å². The summed E-state index contributed by atoms with van der Waals surface area (Å²) in [4.78, 5) is 10.5. The number of hydrogen-bond donors (Lipinski definition) is 2. The summed E-state index contributed by atoms with van der Waals surface area (Å²) < 4.78 is -0.141. The molecule has 1 aliphatic rings. The largest absolute Gasteiger partial charge is 0.395 e. The minimum Gasteiger partial charge on any atom is -0.395 e. The number of aliphatic hydroxyl groups excluding tert-OH is 1. The second-order valence-corrected chi connectivity index (χ2v) is 5.21. The van der Waals surface area contributed by atoms with Crippen molar-refractivity contribution in [3.05, 3.63) is 0 Å². The molecule has 0 bridgehead atoms. The van der Waals surface area contributed by atoms with Crippen molar-refractivity contribution in [1.29, 1.82) is 0 Å². The molecular weight excluding hydrogens is 162 g/mol. The lowest BCUT2D eigenvalue weighted by Crippen LogP contribution is -2.48. The van der Waals surface area contributed by atoms with E-state index in [4.69, 9.17) is 5.11 Å². The highest BCUT2D eigenvalue weighted by Gasteiger charge is 2.31. The molecule has 1 rings (SSSR count). The lowest BCUT2D eigenvalue weighted by molar-refractivity contribution is -0.126. The maximum Gasteiger partial charge on any atom is 0.223 e. The van der Waals surface area contributed by atoms with Gasteiger partial charge in [-0.1, -0.05) is 0 Å². The van der Waals surface area contributed by atoms with Gasteiger partial charge in [0.2, 0.25) is 5.91 Å². The highest BCUT2D eigenvalue weighted by molar-refractivity contribution is 8.01. The Hall–Kier alpha value is -0.220. The van der Waals surface area contributed by atoms with Crippen LogP contribution in [0, 0.1) is 0 Å². The molecule has 0 aliphatic carbocycles. The second-order valence-electron chi connectivity index (χ2n) is 3.30. The van der Waals surface area contributed by atoms with Crippen molar-refractivity contribution in [2.24, 2.45) is 0 Å². The average molecular weight is 175 g/mol. The van der Waals surface area contributed by atoms with Crippen molar-refractivity contribution >= 4 is 17.7 Å². The van der Waals surface area contributed by atoms with E-state index >= 15 is 0 Å². The van der Waals surface area contributed by atoms with E-state index < -0.39 is 0 Å². The maximum atomic E-state index is 10.5. The minimum atomic E-state index is -0.141. The number of carbonyl (C=O) groups excluding carboxylic acids is 1. The third-order valence-corrected chi connectivity index (χ3v) is 2.87. The highest BCUT2D eigenvalue weighted by atomic mass is 32.2. The van der Waals surface area contributed by atoms with Crippen LogP contribution in [-0.2, 0) is 4.79 Å². The summed E-state index contributed by atoms with van der Waals surface area (Å²) >= 11 is 1.61. The van der Waals surface area contributed by atoms with Crippen molar-refractivity contribution in [2.45, 2.75) is 30.4 Å². The van der Waals surface area contributed by atoms with Gasteiger partial charge in [-0.15, -0.1) is 11.8 Å².